The Labute approximate surface area is 139 Å². The predicted octanol–water partition coefficient (Wildman–Crippen LogP) is 3.98. The van der Waals surface area contributed by atoms with Gasteiger partial charge in [0.15, 0.2) is 6.61 Å². The SMILES string of the molecule is O=C(COC(=O)c1cc2cc(F)ccc2s1)Nc1ccccc1F. The van der Waals surface area contributed by atoms with Crippen LogP contribution in [0.25, 0.3) is 10.1 Å². The fourth-order valence-electron chi connectivity index (χ4n) is 2.07. The van der Waals surface area contributed by atoms with Gasteiger partial charge in [-0.15, -0.1) is 11.3 Å². The van der Waals surface area contributed by atoms with Crippen LogP contribution < -0.4 is 5.32 Å². The lowest BCUT2D eigenvalue weighted by Crippen LogP contribution is -2.21. The van der Waals surface area contributed by atoms with E-state index < -0.39 is 30.1 Å². The summed E-state index contributed by atoms with van der Waals surface area (Å²) >= 11 is 1.14. The minimum absolute atomic E-state index is 0.0101. The van der Waals surface area contributed by atoms with E-state index in [0.29, 0.717) is 5.39 Å². The maximum Gasteiger partial charge on any atom is 0.348 e. The van der Waals surface area contributed by atoms with E-state index in [4.69, 9.17) is 4.74 Å². The van der Waals surface area contributed by atoms with Crippen molar-refractivity contribution in [3.63, 3.8) is 0 Å². The minimum atomic E-state index is -0.694. The molecule has 0 fully saturated rings. The highest BCUT2D eigenvalue weighted by molar-refractivity contribution is 7.20. The number of para-hydroxylation sites is 1. The highest BCUT2D eigenvalue weighted by Crippen LogP contribution is 2.26. The fraction of sp³-hybridized carbons (Fsp3) is 0.0588. The van der Waals surface area contributed by atoms with Gasteiger partial charge in [-0.25, -0.2) is 13.6 Å². The van der Waals surface area contributed by atoms with Crippen molar-refractivity contribution in [1.82, 2.24) is 0 Å². The summed E-state index contributed by atoms with van der Waals surface area (Å²) in [5, 5.41) is 2.90. The summed E-state index contributed by atoms with van der Waals surface area (Å²) in [5.74, 6) is -2.32. The first kappa shape index (κ1) is 16.1. The summed E-state index contributed by atoms with van der Waals surface area (Å²) in [6, 6.07) is 11.4. The number of anilines is 1. The number of carbonyl (C=O) groups is 2. The van der Waals surface area contributed by atoms with Crippen LogP contribution in [0.2, 0.25) is 0 Å². The molecule has 0 unspecified atom stereocenters. The van der Waals surface area contributed by atoms with Crippen LogP contribution in [-0.2, 0) is 9.53 Å². The standard InChI is InChI=1S/C17H11F2NO3S/c18-11-5-6-14-10(7-11)8-15(24-14)17(22)23-9-16(21)20-13-4-2-1-3-12(13)19/h1-8H,9H2,(H,20,21). The Morgan fingerprint density at radius 1 is 1.08 bits per heavy atom. The van der Waals surface area contributed by atoms with Gasteiger partial charge in [-0.1, -0.05) is 12.1 Å². The summed E-state index contributed by atoms with van der Waals surface area (Å²) in [5.41, 5.74) is 0.0101. The van der Waals surface area contributed by atoms with Crippen LogP contribution >= 0.6 is 11.3 Å². The second-order valence-electron chi connectivity index (χ2n) is 4.90. The number of benzene rings is 2. The van der Waals surface area contributed by atoms with Gasteiger partial charge in [-0.3, -0.25) is 4.79 Å². The second kappa shape index (κ2) is 6.76. The van der Waals surface area contributed by atoms with Crippen LogP contribution in [0, 0.1) is 11.6 Å². The third kappa shape index (κ3) is 3.57. The van der Waals surface area contributed by atoms with Gasteiger partial charge < -0.3 is 10.1 Å². The number of halogens is 2. The molecule has 0 spiro atoms. The molecule has 0 aliphatic rings. The lowest BCUT2D eigenvalue weighted by Gasteiger charge is -2.06. The zero-order valence-electron chi connectivity index (χ0n) is 12.2. The van der Waals surface area contributed by atoms with Gasteiger partial charge in [0.05, 0.1) is 5.69 Å². The molecule has 0 radical (unpaired) electrons. The van der Waals surface area contributed by atoms with E-state index in [1.807, 2.05) is 0 Å². The van der Waals surface area contributed by atoms with Crippen molar-refractivity contribution in [1.29, 1.82) is 0 Å². The largest absolute Gasteiger partial charge is 0.451 e. The molecule has 0 saturated heterocycles. The van der Waals surface area contributed by atoms with E-state index >= 15 is 0 Å². The van der Waals surface area contributed by atoms with E-state index in [2.05, 4.69) is 5.32 Å². The van der Waals surface area contributed by atoms with E-state index in [1.54, 1.807) is 12.1 Å². The van der Waals surface area contributed by atoms with Crippen LogP contribution in [0.4, 0.5) is 14.5 Å². The number of carbonyl (C=O) groups excluding carboxylic acids is 2. The van der Waals surface area contributed by atoms with Gasteiger partial charge in [0.1, 0.15) is 16.5 Å². The van der Waals surface area contributed by atoms with Gasteiger partial charge in [0.25, 0.3) is 5.91 Å². The Balaban J connectivity index is 1.62. The Kier molecular flexibility index (Phi) is 4.52. The van der Waals surface area contributed by atoms with Crippen LogP contribution in [0.3, 0.4) is 0 Å². The van der Waals surface area contributed by atoms with E-state index in [9.17, 15) is 18.4 Å². The molecular formula is C17H11F2NO3S. The number of amides is 1. The molecule has 0 bridgehead atoms. The van der Waals surface area contributed by atoms with Crippen molar-refractivity contribution in [2.75, 3.05) is 11.9 Å². The molecule has 0 atom stereocenters. The van der Waals surface area contributed by atoms with Crippen molar-refractivity contribution in [3.8, 4) is 0 Å². The topological polar surface area (TPSA) is 55.4 Å². The van der Waals surface area contributed by atoms with Crippen molar-refractivity contribution >= 4 is 39.0 Å². The zero-order chi connectivity index (χ0) is 17.1. The third-order valence-corrected chi connectivity index (χ3v) is 4.26. The summed E-state index contributed by atoms with van der Waals surface area (Å²) < 4.78 is 32.2. The molecule has 1 aromatic heterocycles. The van der Waals surface area contributed by atoms with E-state index in [-0.39, 0.29) is 10.6 Å². The molecule has 0 aliphatic heterocycles. The molecule has 0 aliphatic carbocycles. The lowest BCUT2D eigenvalue weighted by molar-refractivity contribution is -0.119. The fourth-order valence-corrected chi connectivity index (χ4v) is 3.00. The van der Waals surface area contributed by atoms with Gasteiger partial charge in [-0.2, -0.15) is 0 Å². The molecule has 122 valence electrons. The number of nitrogens with one attached hydrogen (secondary N) is 1. The number of hydrogen-bond acceptors (Lipinski definition) is 4. The van der Waals surface area contributed by atoms with Gasteiger partial charge in [-0.05, 0) is 41.8 Å². The Morgan fingerprint density at radius 2 is 1.88 bits per heavy atom. The second-order valence-corrected chi connectivity index (χ2v) is 5.98. The molecule has 24 heavy (non-hydrogen) atoms. The first-order valence-corrected chi connectivity index (χ1v) is 7.75. The normalized spacial score (nSPS) is 10.6. The van der Waals surface area contributed by atoms with Crippen LogP contribution in [0.5, 0.6) is 0 Å². The molecule has 3 aromatic rings. The van der Waals surface area contributed by atoms with Crippen molar-refractivity contribution in [3.05, 3.63) is 65.0 Å². The predicted molar refractivity (Wildman–Crippen MR) is 87.1 cm³/mol. The summed E-state index contributed by atoms with van der Waals surface area (Å²) in [6.07, 6.45) is 0. The molecule has 3 rings (SSSR count). The quantitative estimate of drug-likeness (QED) is 0.727. The Morgan fingerprint density at radius 3 is 2.67 bits per heavy atom. The third-order valence-electron chi connectivity index (χ3n) is 3.16. The van der Waals surface area contributed by atoms with Crippen molar-refractivity contribution in [2.24, 2.45) is 0 Å². The first-order valence-electron chi connectivity index (χ1n) is 6.93. The number of ether oxygens (including phenoxy) is 1. The maximum atomic E-state index is 13.4. The molecule has 1 amide bonds. The average molecular weight is 347 g/mol. The number of hydrogen-bond donors (Lipinski definition) is 1. The minimum Gasteiger partial charge on any atom is -0.451 e. The van der Waals surface area contributed by atoms with Crippen molar-refractivity contribution < 1.29 is 23.1 Å². The number of esters is 1. The molecule has 2 aromatic carbocycles. The summed E-state index contributed by atoms with van der Waals surface area (Å²) in [4.78, 5) is 23.9. The Bertz CT molecular complexity index is 923. The van der Waals surface area contributed by atoms with Crippen LogP contribution in [-0.4, -0.2) is 18.5 Å². The highest BCUT2D eigenvalue weighted by Gasteiger charge is 2.14. The molecular weight excluding hydrogens is 336 g/mol. The van der Waals surface area contributed by atoms with Crippen LogP contribution in [0.15, 0.2) is 48.5 Å². The number of rotatable bonds is 4. The molecule has 1 heterocycles. The molecule has 1 N–H and O–H groups in total. The lowest BCUT2D eigenvalue weighted by atomic mass is 10.2. The molecule has 7 heteroatoms. The van der Waals surface area contributed by atoms with Crippen molar-refractivity contribution in [2.45, 2.75) is 0 Å². The maximum absolute atomic E-state index is 13.4. The van der Waals surface area contributed by atoms with E-state index in [1.165, 1.54) is 36.4 Å². The zero-order valence-corrected chi connectivity index (χ0v) is 13.0. The summed E-state index contributed by atoms with van der Waals surface area (Å²) in [7, 11) is 0. The van der Waals surface area contributed by atoms with Gasteiger partial charge in [0, 0.05) is 4.70 Å². The van der Waals surface area contributed by atoms with E-state index in [0.717, 1.165) is 16.0 Å². The van der Waals surface area contributed by atoms with Crippen LogP contribution in [0.1, 0.15) is 9.67 Å². The monoisotopic (exact) mass is 347 g/mol. The number of fused-ring (bicyclic) bond motifs is 1. The van der Waals surface area contributed by atoms with Gasteiger partial charge in [0.2, 0.25) is 0 Å². The molecule has 0 saturated carbocycles. The molecule has 4 nitrogen and oxygen atoms in total. The smallest absolute Gasteiger partial charge is 0.348 e. The highest BCUT2D eigenvalue weighted by atomic mass is 32.1. The summed E-state index contributed by atoms with van der Waals surface area (Å²) in [6.45, 7) is -0.546. The average Bonchev–Trinajstić information content (AvgIpc) is 2.98. The van der Waals surface area contributed by atoms with Gasteiger partial charge >= 0.3 is 5.97 Å². The first-order chi connectivity index (χ1) is 11.5. The Hall–Kier alpha value is -2.80. The number of thiophene rings is 1.